The fraction of sp³-hybridized carbons (Fsp3) is 0.200. The third-order valence-corrected chi connectivity index (χ3v) is 4.70. The third-order valence-electron chi connectivity index (χ3n) is 4.70. The first kappa shape index (κ1) is 24.0. The number of hydrogen-bond acceptors (Lipinski definition) is 3. The molecule has 5 heteroatoms. The molecule has 0 atom stereocenters. The van der Waals surface area contributed by atoms with Gasteiger partial charge in [-0.05, 0) is 56.5 Å². The van der Waals surface area contributed by atoms with Gasteiger partial charge in [0.2, 0.25) is 0 Å². The molecule has 3 aromatic rings. The number of rotatable bonds is 6. The summed E-state index contributed by atoms with van der Waals surface area (Å²) in [6.07, 6.45) is 5.90. The molecule has 0 saturated heterocycles. The summed E-state index contributed by atoms with van der Waals surface area (Å²) in [5.41, 5.74) is 5.86. The van der Waals surface area contributed by atoms with Crippen LogP contribution in [-0.2, 0) is 4.79 Å². The minimum absolute atomic E-state index is 0. The molecule has 148 valence electrons. The maximum Gasteiger partial charge on any atom is 1.00 e. The van der Waals surface area contributed by atoms with Crippen molar-refractivity contribution in [3.63, 3.8) is 0 Å². The van der Waals surface area contributed by atoms with E-state index >= 15 is 0 Å². The van der Waals surface area contributed by atoms with E-state index in [-0.39, 0.29) is 35.1 Å². The number of aromatic amines is 1. The van der Waals surface area contributed by atoms with Crippen LogP contribution < -0.4 is 35.1 Å². The van der Waals surface area contributed by atoms with E-state index < -0.39 is 0 Å². The van der Waals surface area contributed by atoms with Crippen molar-refractivity contribution in [2.45, 2.75) is 13.8 Å². The largest absolute Gasteiger partial charge is 1.00 e. The summed E-state index contributed by atoms with van der Waals surface area (Å²) in [6, 6.07) is 17.0. The van der Waals surface area contributed by atoms with Crippen molar-refractivity contribution < 1.29 is 34.4 Å². The standard InChI is InChI=1S/C25H24N2O2.Na/c1-17(16-28)13-19-7-5-6-8-22(19)23(11-12-27(3)4)20-9-10-24-21(15-20)14-18(2)25(29)26-24;/h5-6,8-11,13-15H,12H2,1-4H3,(H,26,29);/q-2;+1/b17-13?,23-11-;. The van der Waals surface area contributed by atoms with Gasteiger partial charge in [0.1, 0.15) is 0 Å². The summed E-state index contributed by atoms with van der Waals surface area (Å²) in [7, 11) is 4.04. The van der Waals surface area contributed by atoms with Crippen LogP contribution in [0.2, 0.25) is 0 Å². The Balaban J connectivity index is 0.00000320. The van der Waals surface area contributed by atoms with Gasteiger partial charge in [-0.3, -0.25) is 4.79 Å². The molecule has 3 rings (SSSR count). The predicted molar refractivity (Wildman–Crippen MR) is 120 cm³/mol. The van der Waals surface area contributed by atoms with Gasteiger partial charge in [-0.2, -0.15) is 0 Å². The number of likely N-dealkylation sites (N-methyl/N-ethyl adjacent to an activating group) is 1. The smallest absolute Gasteiger partial charge is 0.418 e. The Morgan fingerprint density at radius 3 is 2.70 bits per heavy atom. The molecule has 0 unspecified atom stereocenters. The van der Waals surface area contributed by atoms with Gasteiger partial charge < -0.3 is 14.7 Å². The van der Waals surface area contributed by atoms with Gasteiger partial charge in [-0.1, -0.05) is 24.6 Å². The van der Waals surface area contributed by atoms with E-state index in [0.29, 0.717) is 11.1 Å². The molecule has 4 nitrogen and oxygen atoms in total. The molecule has 1 aromatic heterocycles. The second-order valence-corrected chi connectivity index (χ2v) is 7.39. The van der Waals surface area contributed by atoms with Crippen LogP contribution in [0.5, 0.6) is 0 Å². The monoisotopic (exact) mass is 407 g/mol. The van der Waals surface area contributed by atoms with Crippen molar-refractivity contribution in [3.05, 3.63) is 92.8 Å². The van der Waals surface area contributed by atoms with Gasteiger partial charge in [0.25, 0.3) is 5.56 Å². The number of aromatic nitrogens is 1. The van der Waals surface area contributed by atoms with Crippen molar-refractivity contribution in [1.29, 1.82) is 0 Å². The third kappa shape index (κ3) is 5.67. The molecular formula is C25H24N2NaO2-. The van der Waals surface area contributed by atoms with Gasteiger partial charge in [-0.15, -0.1) is 47.0 Å². The molecule has 1 heterocycles. The van der Waals surface area contributed by atoms with Gasteiger partial charge >= 0.3 is 29.6 Å². The van der Waals surface area contributed by atoms with E-state index in [9.17, 15) is 9.59 Å². The summed E-state index contributed by atoms with van der Waals surface area (Å²) in [5, 5.41) is 0.977. The van der Waals surface area contributed by atoms with E-state index in [1.54, 1.807) is 13.0 Å². The number of pyridine rings is 1. The Morgan fingerprint density at radius 2 is 2.00 bits per heavy atom. The Morgan fingerprint density at radius 1 is 1.23 bits per heavy atom. The van der Waals surface area contributed by atoms with Gasteiger partial charge in [0.15, 0.2) is 0 Å². The fourth-order valence-electron chi connectivity index (χ4n) is 3.19. The van der Waals surface area contributed by atoms with Crippen LogP contribution in [0.15, 0.2) is 58.9 Å². The summed E-state index contributed by atoms with van der Waals surface area (Å²) in [6.45, 7) is 4.30. The van der Waals surface area contributed by atoms with Crippen molar-refractivity contribution in [2.24, 2.45) is 0 Å². The van der Waals surface area contributed by atoms with E-state index in [2.05, 4.69) is 28.1 Å². The molecule has 1 N–H and O–H groups in total. The van der Waals surface area contributed by atoms with Crippen LogP contribution in [0.4, 0.5) is 0 Å². The first-order valence-corrected chi connectivity index (χ1v) is 9.45. The number of benzene rings is 2. The minimum Gasteiger partial charge on any atom is -0.418 e. The molecular weight excluding hydrogens is 383 g/mol. The quantitative estimate of drug-likeness (QED) is 0.379. The van der Waals surface area contributed by atoms with Crippen LogP contribution in [0.3, 0.4) is 0 Å². The molecule has 2 aromatic carbocycles. The number of H-pyrrole nitrogens is 1. The number of allylic oxidation sites excluding steroid dienone is 1. The summed E-state index contributed by atoms with van der Waals surface area (Å²) in [5.74, 6) is 0. The fourth-order valence-corrected chi connectivity index (χ4v) is 3.19. The van der Waals surface area contributed by atoms with Gasteiger partial charge in [0.05, 0.1) is 0 Å². The van der Waals surface area contributed by atoms with Gasteiger partial charge in [-0.25, -0.2) is 0 Å². The molecule has 0 aliphatic rings. The number of nitrogens with one attached hydrogen (secondary N) is 1. The molecule has 30 heavy (non-hydrogen) atoms. The Bertz CT molecular complexity index is 1170. The second-order valence-electron chi connectivity index (χ2n) is 7.39. The molecule has 0 radical (unpaired) electrons. The molecule has 0 amide bonds. The number of hydrogen-bond donors (Lipinski definition) is 1. The Kier molecular flexibility index (Phi) is 8.56. The van der Waals surface area contributed by atoms with Crippen LogP contribution >= 0.6 is 0 Å². The summed E-state index contributed by atoms with van der Waals surface area (Å²) < 4.78 is 0. The number of fused-ring (bicyclic) bond motifs is 1. The topological polar surface area (TPSA) is 53.2 Å². The van der Waals surface area contributed by atoms with Crippen LogP contribution in [-0.4, -0.2) is 36.8 Å². The predicted octanol–water partition coefficient (Wildman–Crippen LogP) is 1.15. The first-order chi connectivity index (χ1) is 13.9. The molecule has 0 saturated carbocycles. The zero-order valence-electron chi connectivity index (χ0n) is 18.2. The molecule has 0 aliphatic heterocycles. The zero-order chi connectivity index (χ0) is 21.0. The van der Waals surface area contributed by atoms with Crippen molar-refractivity contribution in [2.75, 3.05) is 20.6 Å². The van der Waals surface area contributed by atoms with E-state index in [1.165, 1.54) is 0 Å². The van der Waals surface area contributed by atoms with Crippen LogP contribution in [0.1, 0.15) is 29.2 Å². The SMILES string of the molecule is CC([C-]=O)=Cc1[c-]cccc1/C(=C\CN(C)C)c1ccc2[nH]c(=O)c(C)cc2c1.[Na+]. The first-order valence-electron chi connectivity index (χ1n) is 9.45. The van der Waals surface area contributed by atoms with Crippen molar-refractivity contribution in [3.8, 4) is 0 Å². The zero-order valence-corrected chi connectivity index (χ0v) is 20.2. The molecule has 0 fully saturated rings. The second kappa shape index (κ2) is 10.7. The van der Waals surface area contributed by atoms with E-state index in [1.807, 2.05) is 63.7 Å². The molecule has 0 spiro atoms. The van der Waals surface area contributed by atoms with E-state index in [4.69, 9.17) is 0 Å². The Hall–Kier alpha value is -2.24. The van der Waals surface area contributed by atoms with Crippen molar-refractivity contribution in [1.82, 2.24) is 9.88 Å². The Labute approximate surface area is 199 Å². The number of aryl methyl sites for hydroxylation is 1. The molecule has 0 bridgehead atoms. The van der Waals surface area contributed by atoms with Crippen LogP contribution in [0.25, 0.3) is 22.6 Å². The number of nitrogens with zero attached hydrogens (tertiary/aromatic N) is 1. The number of carbonyl (C=O) groups excluding carboxylic acids is 1. The summed E-state index contributed by atoms with van der Waals surface area (Å²) in [4.78, 5) is 27.9. The van der Waals surface area contributed by atoms with E-state index in [0.717, 1.165) is 39.7 Å². The maximum atomic E-state index is 11.9. The summed E-state index contributed by atoms with van der Waals surface area (Å²) >= 11 is 0. The normalized spacial score (nSPS) is 12.2. The van der Waals surface area contributed by atoms with Gasteiger partial charge in [0, 0.05) is 17.6 Å². The van der Waals surface area contributed by atoms with Crippen molar-refractivity contribution >= 4 is 28.8 Å². The average Bonchev–Trinajstić information content (AvgIpc) is 2.70. The maximum absolute atomic E-state index is 11.9. The average molecular weight is 407 g/mol. The van der Waals surface area contributed by atoms with Crippen LogP contribution in [0, 0.1) is 13.0 Å². The molecule has 0 aliphatic carbocycles. The minimum atomic E-state index is -0.0701.